The van der Waals surface area contributed by atoms with E-state index in [1.54, 1.807) is 0 Å². The van der Waals surface area contributed by atoms with Gasteiger partial charge in [-0.05, 0) is 42.5 Å². The minimum absolute atomic E-state index is 0.152. The largest absolute Gasteiger partial charge is 0.370 e. The third kappa shape index (κ3) is 2.55. The van der Waals surface area contributed by atoms with Crippen LogP contribution >= 0.6 is 0 Å². The fourth-order valence-corrected chi connectivity index (χ4v) is 2.94. The van der Waals surface area contributed by atoms with Crippen LogP contribution in [0.3, 0.4) is 0 Å². The molecule has 2 aliphatic rings. The van der Waals surface area contributed by atoms with Crippen LogP contribution in [0, 0.1) is 0 Å². The van der Waals surface area contributed by atoms with Gasteiger partial charge in [-0.3, -0.25) is 9.79 Å². The number of amidine groups is 1. The smallest absolute Gasteiger partial charge is 0.227 e. The number of aryl methyl sites for hydroxylation is 2. The van der Waals surface area contributed by atoms with Gasteiger partial charge in [-0.1, -0.05) is 13.0 Å². The number of carbonyl (C=O) groups is 1. The van der Waals surface area contributed by atoms with Crippen molar-refractivity contribution in [1.82, 2.24) is 5.32 Å². The first-order valence-electron chi connectivity index (χ1n) is 7.47. The summed E-state index contributed by atoms with van der Waals surface area (Å²) in [6.07, 6.45) is 4.06. The van der Waals surface area contributed by atoms with Crippen molar-refractivity contribution in [1.29, 1.82) is 0 Å². The Bertz CT molecular complexity index is 551. The molecule has 0 saturated heterocycles. The van der Waals surface area contributed by atoms with Crippen LogP contribution in [-0.2, 0) is 17.6 Å². The van der Waals surface area contributed by atoms with Gasteiger partial charge in [0, 0.05) is 18.7 Å². The zero-order valence-electron chi connectivity index (χ0n) is 12.0. The van der Waals surface area contributed by atoms with E-state index in [9.17, 15) is 4.79 Å². The van der Waals surface area contributed by atoms with Crippen molar-refractivity contribution >= 4 is 17.4 Å². The number of nitrogens with zero attached hydrogens (tertiary/aromatic N) is 2. The first-order valence-corrected chi connectivity index (χ1v) is 7.47. The van der Waals surface area contributed by atoms with Crippen molar-refractivity contribution in [3.05, 3.63) is 29.3 Å². The lowest BCUT2D eigenvalue weighted by Crippen LogP contribution is -2.39. The van der Waals surface area contributed by atoms with E-state index in [2.05, 4.69) is 28.5 Å². The van der Waals surface area contributed by atoms with Crippen LogP contribution in [-0.4, -0.2) is 31.4 Å². The van der Waals surface area contributed by atoms with Gasteiger partial charge in [-0.15, -0.1) is 0 Å². The lowest BCUT2D eigenvalue weighted by molar-refractivity contribution is -0.118. The highest BCUT2D eigenvalue weighted by Gasteiger charge is 2.20. The maximum absolute atomic E-state index is 12.2. The van der Waals surface area contributed by atoms with Gasteiger partial charge in [0.2, 0.25) is 5.91 Å². The van der Waals surface area contributed by atoms with Gasteiger partial charge in [-0.25, -0.2) is 0 Å². The standard InChI is InChI=1S/C16H21N3O/c1-2-16(20)19(11-15-17-8-9-18-15)14-7-6-12-4-3-5-13(12)10-14/h6-7,10H,2-5,8-9,11H2,1H3,(H,17,18). The number of fused-ring (bicyclic) bond motifs is 1. The molecule has 0 bridgehead atoms. The molecule has 1 N–H and O–H groups in total. The molecule has 0 spiro atoms. The Morgan fingerprint density at radius 1 is 1.35 bits per heavy atom. The zero-order valence-corrected chi connectivity index (χ0v) is 12.0. The van der Waals surface area contributed by atoms with Gasteiger partial charge in [0.1, 0.15) is 5.84 Å². The highest BCUT2D eigenvalue weighted by molar-refractivity contribution is 6.00. The molecule has 3 rings (SSSR count). The number of amides is 1. The van der Waals surface area contributed by atoms with Crippen molar-refractivity contribution in [2.75, 3.05) is 24.5 Å². The molecule has 0 radical (unpaired) electrons. The molecule has 1 aliphatic carbocycles. The number of hydrogen-bond acceptors (Lipinski definition) is 3. The van der Waals surface area contributed by atoms with Crippen LogP contribution in [0.5, 0.6) is 0 Å². The predicted octanol–water partition coefficient (Wildman–Crippen LogP) is 1.92. The molecular formula is C16H21N3O. The molecule has 0 unspecified atom stereocenters. The van der Waals surface area contributed by atoms with Gasteiger partial charge in [0.15, 0.2) is 0 Å². The Morgan fingerprint density at radius 3 is 2.95 bits per heavy atom. The number of hydrogen-bond donors (Lipinski definition) is 1. The molecule has 20 heavy (non-hydrogen) atoms. The third-order valence-corrected chi connectivity index (χ3v) is 4.05. The second kappa shape index (κ2) is 5.65. The maximum atomic E-state index is 12.2. The predicted molar refractivity (Wildman–Crippen MR) is 81.4 cm³/mol. The van der Waals surface area contributed by atoms with E-state index in [4.69, 9.17) is 0 Å². The molecule has 0 aromatic heterocycles. The average Bonchev–Trinajstić information content (AvgIpc) is 3.14. The summed E-state index contributed by atoms with van der Waals surface area (Å²) >= 11 is 0. The topological polar surface area (TPSA) is 44.7 Å². The maximum Gasteiger partial charge on any atom is 0.227 e. The Hall–Kier alpha value is -1.84. The molecule has 1 heterocycles. The summed E-state index contributed by atoms with van der Waals surface area (Å²) in [4.78, 5) is 18.5. The number of anilines is 1. The molecule has 1 aromatic rings. The molecule has 1 aromatic carbocycles. The van der Waals surface area contributed by atoms with E-state index in [1.165, 1.54) is 24.0 Å². The monoisotopic (exact) mass is 271 g/mol. The number of aliphatic imine (C=N–C) groups is 1. The normalized spacial score (nSPS) is 16.6. The first-order chi connectivity index (χ1) is 9.78. The summed E-state index contributed by atoms with van der Waals surface area (Å²) in [5.74, 6) is 1.08. The van der Waals surface area contributed by atoms with E-state index in [0.29, 0.717) is 13.0 Å². The summed E-state index contributed by atoms with van der Waals surface area (Å²) in [5.41, 5.74) is 3.85. The van der Waals surface area contributed by atoms with Crippen molar-refractivity contribution < 1.29 is 4.79 Å². The van der Waals surface area contributed by atoms with E-state index in [1.807, 2.05) is 11.8 Å². The van der Waals surface area contributed by atoms with Gasteiger partial charge >= 0.3 is 0 Å². The van der Waals surface area contributed by atoms with Crippen molar-refractivity contribution in [2.24, 2.45) is 4.99 Å². The molecule has 0 atom stereocenters. The fraction of sp³-hybridized carbons (Fsp3) is 0.500. The minimum atomic E-state index is 0.152. The van der Waals surface area contributed by atoms with Gasteiger partial charge in [0.05, 0.1) is 13.1 Å². The number of nitrogens with one attached hydrogen (secondary N) is 1. The minimum Gasteiger partial charge on any atom is -0.370 e. The summed E-state index contributed by atoms with van der Waals surface area (Å²) in [6.45, 7) is 4.17. The molecule has 0 fully saturated rings. The number of rotatable bonds is 4. The second-order valence-electron chi connectivity index (χ2n) is 5.40. The quantitative estimate of drug-likeness (QED) is 0.909. The van der Waals surface area contributed by atoms with Crippen molar-refractivity contribution in [3.63, 3.8) is 0 Å². The second-order valence-corrected chi connectivity index (χ2v) is 5.40. The van der Waals surface area contributed by atoms with Crippen molar-refractivity contribution in [2.45, 2.75) is 32.6 Å². The van der Waals surface area contributed by atoms with Gasteiger partial charge in [-0.2, -0.15) is 0 Å². The Balaban J connectivity index is 1.86. The highest BCUT2D eigenvalue weighted by atomic mass is 16.2. The summed E-state index contributed by atoms with van der Waals surface area (Å²) in [7, 11) is 0. The van der Waals surface area contributed by atoms with E-state index >= 15 is 0 Å². The number of carbonyl (C=O) groups excluding carboxylic acids is 1. The van der Waals surface area contributed by atoms with E-state index in [-0.39, 0.29) is 5.91 Å². The number of benzene rings is 1. The third-order valence-electron chi connectivity index (χ3n) is 4.05. The van der Waals surface area contributed by atoms with Crippen molar-refractivity contribution in [3.8, 4) is 0 Å². The molecule has 1 aliphatic heterocycles. The molecule has 106 valence electrons. The van der Waals surface area contributed by atoms with E-state index < -0.39 is 0 Å². The molecular weight excluding hydrogens is 250 g/mol. The zero-order chi connectivity index (χ0) is 13.9. The van der Waals surface area contributed by atoms with Gasteiger partial charge in [0.25, 0.3) is 0 Å². The molecule has 0 saturated carbocycles. The summed E-state index contributed by atoms with van der Waals surface area (Å²) in [5, 5.41) is 3.24. The van der Waals surface area contributed by atoms with Crippen LogP contribution in [0.2, 0.25) is 0 Å². The Morgan fingerprint density at radius 2 is 2.20 bits per heavy atom. The van der Waals surface area contributed by atoms with Crippen LogP contribution in [0.1, 0.15) is 30.9 Å². The summed E-state index contributed by atoms with van der Waals surface area (Å²) in [6, 6.07) is 6.44. The molecule has 4 nitrogen and oxygen atoms in total. The van der Waals surface area contributed by atoms with Crippen LogP contribution < -0.4 is 10.2 Å². The van der Waals surface area contributed by atoms with E-state index in [0.717, 1.165) is 31.0 Å². The van der Waals surface area contributed by atoms with Crippen LogP contribution in [0.15, 0.2) is 23.2 Å². The Labute approximate surface area is 119 Å². The average molecular weight is 271 g/mol. The van der Waals surface area contributed by atoms with Gasteiger partial charge < -0.3 is 10.2 Å². The lowest BCUT2D eigenvalue weighted by atomic mass is 10.1. The molecule has 1 amide bonds. The van der Waals surface area contributed by atoms with Crippen LogP contribution in [0.25, 0.3) is 0 Å². The Kier molecular flexibility index (Phi) is 3.72. The lowest BCUT2D eigenvalue weighted by Gasteiger charge is -2.23. The fourth-order valence-electron chi connectivity index (χ4n) is 2.94. The first kappa shape index (κ1) is 13.2. The summed E-state index contributed by atoms with van der Waals surface area (Å²) < 4.78 is 0. The van der Waals surface area contributed by atoms with Crippen LogP contribution in [0.4, 0.5) is 5.69 Å². The SMILES string of the molecule is CCC(=O)N(CC1=NCCN1)c1ccc2c(c1)CCC2. The molecule has 4 heteroatoms. The highest BCUT2D eigenvalue weighted by Crippen LogP contribution is 2.27.